The van der Waals surface area contributed by atoms with Crippen LogP contribution in [-0.4, -0.2) is 9.43 Å². The predicted octanol–water partition coefficient (Wildman–Crippen LogP) is 2.50. The lowest BCUT2D eigenvalue weighted by atomic mass is 10.3. The third-order valence-electron chi connectivity index (χ3n) is 1.25. The first-order valence-corrected chi connectivity index (χ1v) is 4.00. The van der Waals surface area contributed by atoms with E-state index >= 15 is 0 Å². The lowest BCUT2D eigenvalue weighted by molar-refractivity contribution is -0.384. The van der Waals surface area contributed by atoms with Crippen molar-refractivity contribution in [3.8, 4) is 5.75 Å². The zero-order valence-electron chi connectivity index (χ0n) is 6.27. The Hall–Kier alpha value is -1.20. The van der Waals surface area contributed by atoms with Crippen molar-refractivity contribution in [3.63, 3.8) is 0 Å². The highest BCUT2D eigenvalue weighted by molar-refractivity contribution is 7.82. The average Bonchev–Trinajstić information content (AvgIpc) is 2.04. The maximum absolute atomic E-state index is 10.2. The van der Waals surface area contributed by atoms with Crippen LogP contribution in [0.1, 0.15) is 0 Å². The fraction of sp³-hybridized carbons (Fsp3) is 0. The molecule has 0 N–H and O–H groups in total. The number of nitro benzene ring substituents is 1. The van der Waals surface area contributed by atoms with Crippen molar-refractivity contribution in [1.82, 2.24) is 0 Å². The molecule has 1 aromatic carbocycles. The minimum absolute atomic E-state index is 0.00663. The van der Waals surface area contributed by atoms with E-state index < -0.39 is 4.92 Å². The Kier molecular flexibility index (Phi) is 3.16. The maximum Gasteiger partial charge on any atom is 0.269 e. The fourth-order valence-electron chi connectivity index (χ4n) is 0.729. The van der Waals surface area contributed by atoms with Crippen LogP contribution in [0.25, 0.3) is 0 Å². The molecule has 13 heavy (non-hydrogen) atoms. The second kappa shape index (κ2) is 4.15. The van der Waals surface area contributed by atoms with E-state index in [1.165, 1.54) is 24.3 Å². The molecule has 0 unspecified atom stereocenters. The van der Waals surface area contributed by atoms with Crippen molar-refractivity contribution in [1.29, 1.82) is 0 Å². The van der Waals surface area contributed by atoms with Crippen molar-refractivity contribution >= 4 is 34.0 Å². The van der Waals surface area contributed by atoms with Gasteiger partial charge in [-0.05, 0) is 36.0 Å². The molecule has 0 amide bonds. The SMILES string of the molecule is O=[N+]([O-])c1ccc(OC(=S)Cl)cc1. The highest BCUT2D eigenvalue weighted by Crippen LogP contribution is 2.17. The van der Waals surface area contributed by atoms with Gasteiger partial charge in [0.25, 0.3) is 10.2 Å². The van der Waals surface area contributed by atoms with E-state index in [-0.39, 0.29) is 10.2 Å². The largest absolute Gasteiger partial charge is 0.436 e. The third kappa shape index (κ3) is 2.96. The maximum atomic E-state index is 10.2. The van der Waals surface area contributed by atoms with Crippen LogP contribution in [0.4, 0.5) is 5.69 Å². The van der Waals surface area contributed by atoms with Crippen LogP contribution in [0.3, 0.4) is 0 Å². The summed E-state index contributed by atoms with van der Waals surface area (Å²) in [5, 5.41) is 10.2. The molecule has 6 heteroatoms. The minimum atomic E-state index is -0.497. The normalized spacial score (nSPS) is 9.31. The third-order valence-corrected chi connectivity index (χ3v) is 1.41. The van der Waals surface area contributed by atoms with Crippen LogP contribution in [0, 0.1) is 10.1 Å². The minimum Gasteiger partial charge on any atom is -0.436 e. The molecule has 0 aliphatic heterocycles. The summed E-state index contributed by atoms with van der Waals surface area (Å²) >= 11 is 9.76. The molecule has 0 spiro atoms. The summed E-state index contributed by atoms with van der Waals surface area (Å²) in [5.41, 5.74) is -0.00663. The number of hydrogen-bond donors (Lipinski definition) is 0. The molecule has 4 nitrogen and oxygen atoms in total. The van der Waals surface area contributed by atoms with E-state index in [9.17, 15) is 10.1 Å². The first kappa shape index (κ1) is 9.88. The number of thiocarbonyl (C=S) groups is 1. The van der Waals surface area contributed by atoms with Gasteiger partial charge in [-0.3, -0.25) is 10.1 Å². The summed E-state index contributed by atoms with van der Waals surface area (Å²) in [6.45, 7) is 0. The lowest BCUT2D eigenvalue weighted by Gasteiger charge is -1.99. The number of rotatable bonds is 2. The Balaban J connectivity index is 2.81. The number of nitro groups is 1. The zero-order valence-corrected chi connectivity index (χ0v) is 7.84. The molecule has 68 valence electrons. The van der Waals surface area contributed by atoms with Gasteiger partial charge in [-0.15, -0.1) is 0 Å². The van der Waals surface area contributed by atoms with Crippen LogP contribution < -0.4 is 4.74 Å². The Morgan fingerprint density at radius 2 is 2.00 bits per heavy atom. The molecule has 0 heterocycles. The van der Waals surface area contributed by atoms with Gasteiger partial charge in [0.1, 0.15) is 5.75 Å². The first-order valence-electron chi connectivity index (χ1n) is 3.21. The molecule has 1 rings (SSSR count). The predicted molar refractivity (Wildman–Crippen MR) is 52.2 cm³/mol. The van der Waals surface area contributed by atoms with Crippen molar-refractivity contribution in [3.05, 3.63) is 34.4 Å². The monoisotopic (exact) mass is 217 g/mol. The molecule has 1 aromatic rings. The van der Waals surface area contributed by atoms with Crippen LogP contribution in [-0.2, 0) is 0 Å². The molecule has 0 aliphatic carbocycles. The van der Waals surface area contributed by atoms with Gasteiger partial charge < -0.3 is 4.74 Å². The molecule has 0 radical (unpaired) electrons. The smallest absolute Gasteiger partial charge is 0.269 e. The van der Waals surface area contributed by atoms with E-state index in [0.29, 0.717) is 5.75 Å². The standard InChI is InChI=1S/C7H4ClNO3S/c8-7(13)12-6-3-1-5(2-4-6)9(10)11/h1-4H. The number of halogens is 1. The van der Waals surface area contributed by atoms with Gasteiger partial charge in [0, 0.05) is 12.1 Å². The Morgan fingerprint density at radius 3 is 2.38 bits per heavy atom. The van der Waals surface area contributed by atoms with Crippen molar-refractivity contribution in [2.45, 2.75) is 0 Å². The highest BCUT2D eigenvalue weighted by atomic mass is 35.5. The summed E-state index contributed by atoms with van der Waals surface area (Å²) in [4.78, 5) is 9.75. The molecule has 0 fully saturated rings. The summed E-state index contributed by atoms with van der Waals surface area (Å²) in [5.74, 6) is 0.380. The number of benzene rings is 1. The van der Waals surface area contributed by atoms with Gasteiger partial charge >= 0.3 is 0 Å². The van der Waals surface area contributed by atoms with Crippen molar-refractivity contribution in [2.24, 2.45) is 0 Å². The summed E-state index contributed by atoms with van der Waals surface area (Å²) in [7, 11) is 0. The Morgan fingerprint density at radius 1 is 1.46 bits per heavy atom. The molecular formula is C7H4ClNO3S. The Bertz CT molecular complexity index is 338. The molecule has 0 bridgehead atoms. The fourth-order valence-corrected chi connectivity index (χ4v) is 0.914. The van der Waals surface area contributed by atoms with E-state index in [0.717, 1.165) is 0 Å². The topological polar surface area (TPSA) is 52.4 Å². The van der Waals surface area contributed by atoms with Crippen molar-refractivity contribution < 1.29 is 9.66 Å². The van der Waals surface area contributed by atoms with Gasteiger partial charge in [-0.2, -0.15) is 0 Å². The van der Waals surface area contributed by atoms with E-state index in [4.69, 9.17) is 16.3 Å². The molecule has 0 saturated heterocycles. The van der Waals surface area contributed by atoms with Gasteiger partial charge in [-0.25, -0.2) is 0 Å². The highest BCUT2D eigenvalue weighted by Gasteiger charge is 2.04. The zero-order chi connectivity index (χ0) is 9.84. The number of ether oxygens (including phenoxy) is 1. The van der Waals surface area contributed by atoms with E-state index in [1.807, 2.05) is 0 Å². The van der Waals surface area contributed by atoms with Crippen LogP contribution >= 0.6 is 23.8 Å². The van der Waals surface area contributed by atoms with Crippen molar-refractivity contribution in [2.75, 3.05) is 0 Å². The number of nitrogens with zero attached hydrogens (tertiary/aromatic N) is 1. The number of hydrogen-bond acceptors (Lipinski definition) is 4. The second-order valence-electron chi connectivity index (χ2n) is 2.09. The summed E-state index contributed by atoms with van der Waals surface area (Å²) in [6.07, 6.45) is 0. The lowest BCUT2D eigenvalue weighted by Crippen LogP contribution is -1.95. The second-order valence-corrected chi connectivity index (χ2v) is 3.03. The van der Waals surface area contributed by atoms with Crippen LogP contribution in [0.5, 0.6) is 5.75 Å². The quantitative estimate of drug-likeness (QED) is 0.331. The van der Waals surface area contributed by atoms with Gasteiger partial charge in [0.15, 0.2) is 0 Å². The molecule has 0 aromatic heterocycles. The van der Waals surface area contributed by atoms with E-state index in [1.54, 1.807) is 0 Å². The number of non-ortho nitro benzene ring substituents is 1. The van der Waals surface area contributed by atoms with Crippen LogP contribution in [0.15, 0.2) is 24.3 Å². The molecular weight excluding hydrogens is 214 g/mol. The van der Waals surface area contributed by atoms with Gasteiger partial charge in [0.05, 0.1) is 4.92 Å². The van der Waals surface area contributed by atoms with Gasteiger partial charge in [-0.1, -0.05) is 0 Å². The molecule has 0 saturated carbocycles. The molecule has 0 atom stereocenters. The molecule has 0 aliphatic rings. The first-order chi connectivity index (χ1) is 6.09. The van der Waals surface area contributed by atoms with Gasteiger partial charge in [0.2, 0.25) is 0 Å². The summed E-state index contributed by atoms with van der Waals surface area (Å²) in [6, 6.07) is 5.47. The van der Waals surface area contributed by atoms with E-state index in [2.05, 4.69) is 12.2 Å². The van der Waals surface area contributed by atoms with Crippen LogP contribution in [0.2, 0.25) is 0 Å². The average molecular weight is 218 g/mol. The Labute approximate surface area is 84.2 Å². The summed E-state index contributed by atoms with van der Waals surface area (Å²) < 4.78 is 4.68.